The molecule has 0 aromatic heterocycles. The van der Waals surface area contributed by atoms with Crippen LogP contribution in [0.4, 0.5) is 21.0 Å². The number of carbonyl (C=O) groups is 5. The van der Waals surface area contributed by atoms with Gasteiger partial charge >= 0.3 is 18.2 Å². The molecule has 2 unspecified atom stereocenters. The Hall–Kier alpha value is -7.43. The molecule has 21 nitrogen and oxygen atoms in total. The van der Waals surface area contributed by atoms with E-state index in [1.807, 2.05) is 6.07 Å². The van der Waals surface area contributed by atoms with Gasteiger partial charge in [-0.3, -0.25) is 20.2 Å². The van der Waals surface area contributed by atoms with Crippen molar-refractivity contribution < 1.29 is 81.6 Å². The largest absolute Gasteiger partial charge is 0.493 e. The van der Waals surface area contributed by atoms with E-state index < -0.39 is 42.1 Å². The summed E-state index contributed by atoms with van der Waals surface area (Å²) in [4.78, 5) is 67.9. The van der Waals surface area contributed by atoms with Gasteiger partial charge in [-0.05, 0) is 66.8 Å². The van der Waals surface area contributed by atoms with Gasteiger partial charge in [0.1, 0.15) is 51.1 Å². The minimum atomic E-state index is -0.854. The Kier molecular flexibility index (Phi) is 22.8. The molecule has 2 aliphatic heterocycles. The fourth-order valence-electron chi connectivity index (χ4n) is 7.84. The van der Waals surface area contributed by atoms with Crippen LogP contribution in [0.2, 0.25) is 0 Å². The number of aliphatic hydroxyl groups excluding tert-OH is 2. The van der Waals surface area contributed by atoms with E-state index in [4.69, 9.17) is 42.6 Å². The highest BCUT2D eigenvalue weighted by Crippen LogP contribution is 2.37. The summed E-state index contributed by atoms with van der Waals surface area (Å²) >= 11 is 0. The molecule has 2 fully saturated rings. The summed E-state index contributed by atoms with van der Waals surface area (Å²) in [5.74, 6) is -0.317. The second-order valence-electron chi connectivity index (χ2n) is 16.9. The van der Waals surface area contributed by atoms with Gasteiger partial charge in [-0.15, -0.1) is 0 Å². The summed E-state index contributed by atoms with van der Waals surface area (Å²) in [6.07, 6.45) is 1.98. The lowest BCUT2D eigenvalue weighted by molar-refractivity contribution is -0.146. The van der Waals surface area contributed by atoms with Crippen molar-refractivity contribution in [2.24, 2.45) is 0 Å². The van der Waals surface area contributed by atoms with Crippen LogP contribution in [0.15, 0.2) is 92.1 Å². The van der Waals surface area contributed by atoms with Crippen LogP contribution in [0.5, 0.6) is 23.0 Å². The van der Waals surface area contributed by atoms with Crippen LogP contribution in [0, 0.1) is 6.92 Å². The minimum Gasteiger partial charge on any atom is -0.493 e. The van der Waals surface area contributed by atoms with Crippen LogP contribution < -0.4 is 29.6 Å². The predicted molar refractivity (Wildman–Crippen MR) is 271 cm³/mol. The molecule has 4 amide bonds. The van der Waals surface area contributed by atoms with Crippen molar-refractivity contribution in [1.82, 2.24) is 9.80 Å². The number of ether oxygens (including phenoxy) is 10. The maximum absolute atomic E-state index is 14.0. The van der Waals surface area contributed by atoms with Gasteiger partial charge in [0, 0.05) is 25.2 Å². The SMILES string of the molecule is C=CCOC(=O)Nc1cc(OCc2cc(COc3cc(NC(=O)OCC=C)c(C(=O)N4CC(=C)CC4CO)cc3OC)cc(OCCOCCOCCOCC(=O)OC)c2)c(C)cc1C(=O)N1CC(=C)CC1CO. The van der Waals surface area contributed by atoms with Crippen molar-refractivity contribution in [3.8, 4) is 23.0 Å². The van der Waals surface area contributed by atoms with Crippen molar-refractivity contribution in [3.05, 3.63) is 120 Å². The number of anilines is 2. The molecule has 0 radical (unpaired) electrons. The maximum atomic E-state index is 14.0. The fraction of sp³-hybridized carbons (Fsp3) is 0.415. The molecule has 3 aromatic rings. The first-order valence-electron chi connectivity index (χ1n) is 23.7. The van der Waals surface area contributed by atoms with Crippen LogP contribution in [0.1, 0.15) is 50.2 Å². The molecule has 400 valence electrons. The first-order chi connectivity index (χ1) is 35.7. The van der Waals surface area contributed by atoms with Crippen LogP contribution in [0.3, 0.4) is 0 Å². The molecule has 0 bridgehead atoms. The summed E-state index contributed by atoms with van der Waals surface area (Å²) in [5, 5.41) is 25.4. The number of esters is 1. The third-order valence-electron chi connectivity index (χ3n) is 11.4. The lowest BCUT2D eigenvalue weighted by atomic mass is 10.1. The average Bonchev–Trinajstić information content (AvgIpc) is 3.98. The van der Waals surface area contributed by atoms with Gasteiger partial charge in [0.2, 0.25) is 0 Å². The standard InChI is InChI=1S/C53H66N4O17/c1-8-10-71-52(63)54-44-25-46(36(5)20-42(44)50(61)56-27-34(3)18-39(56)29-58)73-31-37-21-38(23-41(22-37)70-17-16-68-13-12-67-14-15-69-33-49(60)66-7)32-74-48-26-45(55-53(64)72-11-9-2)43(24-47(48)65-6)51(62)57-28-35(4)19-40(57)30-59/h8-9,20-26,39-40,58-59H,1-4,10-19,27-33H2,5-7H3,(H,54,63)(H,55,64). The van der Waals surface area contributed by atoms with E-state index in [0.29, 0.717) is 41.0 Å². The highest BCUT2D eigenvalue weighted by molar-refractivity contribution is 6.05. The van der Waals surface area contributed by atoms with Crippen molar-refractivity contribution >= 4 is 41.3 Å². The number of benzene rings is 3. The molecule has 74 heavy (non-hydrogen) atoms. The van der Waals surface area contributed by atoms with Crippen molar-refractivity contribution in [2.75, 3.05) is 111 Å². The maximum Gasteiger partial charge on any atom is 0.411 e. The molecular formula is C53H66N4O17. The van der Waals surface area contributed by atoms with Crippen LogP contribution in [-0.2, 0) is 46.4 Å². The van der Waals surface area contributed by atoms with Crippen LogP contribution in [0.25, 0.3) is 0 Å². The number of amides is 4. The Morgan fingerprint density at radius 3 is 1.62 bits per heavy atom. The second-order valence-corrected chi connectivity index (χ2v) is 16.9. The van der Waals surface area contributed by atoms with E-state index in [-0.39, 0.29) is 133 Å². The first kappa shape index (κ1) is 57.5. The average molecular weight is 1030 g/mol. The van der Waals surface area contributed by atoms with E-state index >= 15 is 0 Å². The fourth-order valence-corrected chi connectivity index (χ4v) is 7.84. The van der Waals surface area contributed by atoms with E-state index in [1.54, 1.807) is 25.1 Å². The monoisotopic (exact) mass is 1030 g/mol. The Morgan fingerprint density at radius 1 is 0.635 bits per heavy atom. The Morgan fingerprint density at radius 2 is 1.12 bits per heavy atom. The number of nitrogens with one attached hydrogen (secondary N) is 2. The topological polar surface area (TPSA) is 249 Å². The predicted octanol–water partition coefficient (Wildman–Crippen LogP) is 5.76. The molecule has 3 aromatic carbocycles. The van der Waals surface area contributed by atoms with Crippen LogP contribution >= 0.6 is 0 Å². The van der Waals surface area contributed by atoms with Crippen LogP contribution in [-0.4, -0.2) is 162 Å². The molecule has 2 atom stereocenters. The van der Waals surface area contributed by atoms with Crippen molar-refractivity contribution in [2.45, 2.75) is 45.1 Å². The van der Waals surface area contributed by atoms with Gasteiger partial charge < -0.3 is 67.4 Å². The highest BCUT2D eigenvalue weighted by atomic mass is 16.6. The zero-order valence-corrected chi connectivity index (χ0v) is 42.1. The summed E-state index contributed by atoms with van der Waals surface area (Å²) in [7, 11) is 2.68. The van der Waals surface area contributed by atoms with Gasteiger partial charge in [-0.1, -0.05) is 49.6 Å². The molecule has 2 aliphatic rings. The van der Waals surface area contributed by atoms with E-state index in [1.165, 1.54) is 54.4 Å². The number of rotatable bonds is 29. The van der Waals surface area contributed by atoms with E-state index in [9.17, 15) is 34.2 Å². The number of hydrogen-bond donors (Lipinski definition) is 4. The Bertz CT molecular complexity index is 2500. The summed E-state index contributed by atoms with van der Waals surface area (Å²) in [6.45, 7) is 17.7. The Balaban J connectivity index is 1.40. The molecule has 0 saturated carbocycles. The molecule has 21 heteroatoms. The number of aliphatic hydroxyl groups is 2. The first-order valence-corrected chi connectivity index (χ1v) is 23.7. The smallest absolute Gasteiger partial charge is 0.411 e. The number of likely N-dealkylation sites (tertiary alicyclic amines) is 2. The van der Waals surface area contributed by atoms with Gasteiger partial charge in [-0.2, -0.15) is 0 Å². The molecule has 4 N–H and O–H groups in total. The van der Waals surface area contributed by atoms with E-state index in [2.05, 4.69) is 41.7 Å². The van der Waals surface area contributed by atoms with Crippen molar-refractivity contribution in [3.63, 3.8) is 0 Å². The normalized spacial score (nSPS) is 15.0. The van der Waals surface area contributed by atoms with E-state index in [0.717, 1.165) is 11.1 Å². The Labute approximate surface area is 430 Å². The molecule has 0 aliphatic carbocycles. The highest BCUT2D eigenvalue weighted by Gasteiger charge is 2.34. The molecule has 2 saturated heterocycles. The third kappa shape index (κ3) is 16.8. The number of carbonyl (C=O) groups excluding carboxylic acids is 5. The van der Waals surface area contributed by atoms with Gasteiger partial charge in [0.15, 0.2) is 11.5 Å². The second kappa shape index (κ2) is 29.3. The lowest BCUT2D eigenvalue weighted by Crippen LogP contribution is -2.38. The summed E-state index contributed by atoms with van der Waals surface area (Å²) < 4.78 is 55.8. The number of aryl methyl sites for hydroxylation is 1. The van der Waals surface area contributed by atoms with Crippen molar-refractivity contribution in [1.29, 1.82) is 0 Å². The minimum absolute atomic E-state index is 0.0345. The zero-order chi connectivity index (χ0) is 53.6. The summed E-state index contributed by atoms with van der Waals surface area (Å²) in [6, 6.07) is 10.4. The number of methoxy groups -OCH3 is 2. The van der Waals surface area contributed by atoms with Gasteiger partial charge in [0.25, 0.3) is 11.8 Å². The summed E-state index contributed by atoms with van der Waals surface area (Å²) in [5.41, 5.74) is 3.73. The molecule has 5 rings (SSSR count). The third-order valence-corrected chi connectivity index (χ3v) is 11.4. The van der Waals surface area contributed by atoms with Gasteiger partial charge in [-0.25, -0.2) is 14.4 Å². The number of hydrogen-bond acceptors (Lipinski definition) is 17. The quantitative estimate of drug-likeness (QED) is 0.0279. The van der Waals surface area contributed by atoms with Gasteiger partial charge in [0.05, 0.1) is 95.1 Å². The lowest BCUT2D eigenvalue weighted by Gasteiger charge is -2.25. The molecule has 0 spiro atoms. The zero-order valence-electron chi connectivity index (χ0n) is 42.1. The number of nitrogens with zero attached hydrogens (tertiary/aromatic N) is 2. The molecule has 2 heterocycles. The molecular weight excluding hydrogens is 965 g/mol.